The molecule has 2 heterocycles. The van der Waals surface area contributed by atoms with Gasteiger partial charge in [-0.05, 0) is 18.2 Å². The molecule has 0 fully saturated rings. The lowest BCUT2D eigenvalue weighted by atomic mass is 10.1. The summed E-state index contributed by atoms with van der Waals surface area (Å²) in [6, 6.07) is 15.1. The molecule has 2 aromatic heterocycles. The number of furan rings is 1. The van der Waals surface area contributed by atoms with Crippen LogP contribution < -0.4 is 4.74 Å². The van der Waals surface area contributed by atoms with Gasteiger partial charge in [0.2, 0.25) is 5.76 Å². The van der Waals surface area contributed by atoms with Gasteiger partial charge in [0.25, 0.3) is 0 Å². The van der Waals surface area contributed by atoms with Gasteiger partial charge in [-0.1, -0.05) is 30.3 Å². The lowest BCUT2D eigenvalue weighted by Gasteiger charge is -2.03. The van der Waals surface area contributed by atoms with E-state index >= 15 is 0 Å². The molecule has 0 aliphatic heterocycles. The summed E-state index contributed by atoms with van der Waals surface area (Å²) in [5.74, 6) is 0.390. The second-order valence-corrected chi connectivity index (χ2v) is 7.15. The van der Waals surface area contributed by atoms with Crippen molar-refractivity contribution >= 4 is 28.3 Å². The Morgan fingerprint density at radius 1 is 1.10 bits per heavy atom. The number of aromatic nitrogens is 1. The molecule has 0 radical (unpaired) electrons. The number of carbonyl (C=O) groups is 1. The second kappa shape index (κ2) is 8.46. The van der Waals surface area contributed by atoms with Crippen molar-refractivity contribution in [3.8, 4) is 16.3 Å². The number of ether oxygens (including phenoxy) is 3. The van der Waals surface area contributed by atoms with Crippen LogP contribution in [0.15, 0.2) is 58.3 Å². The van der Waals surface area contributed by atoms with Crippen molar-refractivity contribution in [3.63, 3.8) is 0 Å². The van der Waals surface area contributed by atoms with E-state index in [2.05, 4.69) is 4.98 Å². The molecular formula is C22H19NO5S. The van der Waals surface area contributed by atoms with Crippen molar-refractivity contribution in [2.45, 2.75) is 13.2 Å². The van der Waals surface area contributed by atoms with E-state index in [1.807, 2.05) is 53.9 Å². The number of hydrogen-bond acceptors (Lipinski definition) is 7. The van der Waals surface area contributed by atoms with Crippen molar-refractivity contribution in [2.24, 2.45) is 0 Å². The van der Waals surface area contributed by atoms with Crippen LogP contribution in [0.4, 0.5) is 0 Å². The van der Waals surface area contributed by atoms with E-state index in [1.54, 1.807) is 14.2 Å². The Labute approximate surface area is 171 Å². The minimum Gasteiger partial charge on any atom is -0.497 e. The first-order valence-corrected chi connectivity index (χ1v) is 9.83. The molecule has 29 heavy (non-hydrogen) atoms. The Morgan fingerprint density at radius 3 is 2.79 bits per heavy atom. The Kier molecular flexibility index (Phi) is 5.59. The zero-order valence-corrected chi connectivity index (χ0v) is 16.8. The minimum absolute atomic E-state index is 0.0583. The molecule has 0 N–H and O–H groups in total. The quantitative estimate of drug-likeness (QED) is 0.397. The molecule has 0 bridgehead atoms. The molecule has 4 aromatic rings. The number of benzene rings is 2. The highest BCUT2D eigenvalue weighted by molar-refractivity contribution is 7.13. The summed E-state index contributed by atoms with van der Waals surface area (Å²) in [5.41, 5.74) is 2.93. The SMILES string of the molecule is COCc1c(C(=O)OCc2csc(-c3cccc(OC)c3)n2)oc2ccccc12. The van der Waals surface area contributed by atoms with Gasteiger partial charge in [-0.15, -0.1) is 11.3 Å². The monoisotopic (exact) mass is 409 g/mol. The van der Waals surface area contributed by atoms with Gasteiger partial charge in [-0.2, -0.15) is 0 Å². The Bertz CT molecular complexity index is 1150. The number of esters is 1. The molecule has 0 aliphatic carbocycles. The summed E-state index contributed by atoms with van der Waals surface area (Å²) >= 11 is 1.48. The third-order valence-corrected chi connectivity index (χ3v) is 5.33. The molecule has 0 saturated heterocycles. The smallest absolute Gasteiger partial charge is 0.375 e. The van der Waals surface area contributed by atoms with Gasteiger partial charge in [0.1, 0.15) is 22.9 Å². The van der Waals surface area contributed by atoms with E-state index in [9.17, 15) is 4.79 Å². The van der Waals surface area contributed by atoms with Crippen molar-refractivity contribution < 1.29 is 23.4 Å². The van der Waals surface area contributed by atoms with E-state index in [1.165, 1.54) is 11.3 Å². The predicted molar refractivity (Wildman–Crippen MR) is 110 cm³/mol. The first-order chi connectivity index (χ1) is 14.2. The third kappa shape index (κ3) is 4.01. The normalized spacial score (nSPS) is 11.0. The highest BCUT2D eigenvalue weighted by atomic mass is 32.1. The van der Waals surface area contributed by atoms with Crippen molar-refractivity contribution in [1.29, 1.82) is 0 Å². The maximum atomic E-state index is 12.6. The molecule has 6 nitrogen and oxygen atoms in total. The van der Waals surface area contributed by atoms with Gasteiger partial charge in [0, 0.05) is 29.0 Å². The molecular weight excluding hydrogens is 390 g/mol. The van der Waals surface area contributed by atoms with Crippen LogP contribution in [-0.2, 0) is 22.7 Å². The Hall–Kier alpha value is -3.16. The molecule has 0 aliphatic rings. The number of methoxy groups -OCH3 is 2. The molecule has 2 aromatic carbocycles. The van der Waals surface area contributed by atoms with Gasteiger partial charge in [0.05, 0.1) is 19.4 Å². The standard InChI is InChI=1S/C22H19NO5S/c1-25-12-18-17-8-3-4-9-19(17)28-20(18)22(24)27-11-15-13-29-21(23-15)14-6-5-7-16(10-14)26-2/h3-10,13H,11-12H2,1-2H3. The van der Waals surface area contributed by atoms with E-state index in [-0.39, 0.29) is 19.0 Å². The van der Waals surface area contributed by atoms with Gasteiger partial charge < -0.3 is 18.6 Å². The fourth-order valence-electron chi connectivity index (χ4n) is 3.02. The molecule has 0 atom stereocenters. The highest BCUT2D eigenvalue weighted by Gasteiger charge is 2.22. The average molecular weight is 409 g/mol. The van der Waals surface area contributed by atoms with E-state index in [0.29, 0.717) is 16.8 Å². The van der Waals surface area contributed by atoms with Crippen LogP contribution >= 0.6 is 11.3 Å². The summed E-state index contributed by atoms with van der Waals surface area (Å²) in [7, 11) is 3.20. The van der Waals surface area contributed by atoms with E-state index < -0.39 is 5.97 Å². The number of carbonyl (C=O) groups excluding carboxylic acids is 1. The fourth-order valence-corrected chi connectivity index (χ4v) is 3.82. The molecule has 7 heteroatoms. The maximum Gasteiger partial charge on any atom is 0.375 e. The van der Waals surface area contributed by atoms with Crippen LogP contribution in [0.5, 0.6) is 5.75 Å². The summed E-state index contributed by atoms with van der Waals surface area (Å²) in [4.78, 5) is 17.2. The van der Waals surface area contributed by atoms with Gasteiger partial charge in [0.15, 0.2) is 0 Å². The number of rotatable bonds is 7. The van der Waals surface area contributed by atoms with Gasteiger partial charge >= 0.3 is 5.97 Å². The summed E-state index contributed by atoms with van der Waals surface area (Å²) in [5, 5.41) is 3.55. The third-order valence-electron chi connectivity index (χ3n) is 4.39. The molecule has 148 valence electrons. The molecule has 0 saturated carbocycles. The molecule has 0 spiro atoms. The number of para-hydroxylation sites is 1. The summed E-state index contributed by atoms with van der Waals surface area (Å²) in [6.07, 6.45) is 0. The number of fused-ring (bicyclic) bond motifs is 1. The van der Waals surface area contributed by atoms with Crippen molar-refractivity contribution in [3.05, 3.63) is 70.9 Å². The fraction of sp³-hybridized carbons (Fsp3) is 0.182. The van der Waals surface area contributed by atoms with Crippen LogP contribution in [-0.4, -0.2) is 25.2 Å². The maximum absolute atomic E-state index is 12.6. The molecule has 0 amide bonds. The lowest BCUT2D eigenvalue weighted by Crippen LogP contribution is -2.07. The zero-order valence-electron chi connectivity index (χ0n) is 16.0. The van der Waals surface area contributed by atoms with Crippen LogP contribution in [0.1, 0.15) is 21.8 Å². The number of nitrogens with zero attached hydrogens (tertiary/aromatic N) is 1. The van der Waals surface area contributed by atoms with Crippen LogP contribution in [0, 0.1) is 0 Å². The van der Waals surface area contributed by atoms with Crippen molar-refractivity contribution in [1.82, 2.24) is 4.98 Å². The topological polar surface area (TPSA) is 70.8 Å². The average Bonchev–Trinajstić information content (AvgIpc) is 3.38. The van der Waals surface area contributed by atoms with Crippen LogP contribution in [0.3, 0.4) is 0 Å². The highest BCUT2D eigenvalue weighted by Crippen LogP contribution is 2.29. The van der Waals surface area contributed by atoms with Crippen molar-refractivity contribution in [2.75, 3.05) is 14.2 Å². The van der Waals surface area contributed by atoms with E-state index in [0.717, 1.165) is 21.7 Å². The van der Waals surface area contributed by atoms with Crippen LogP contribution in [0.2, 0.25) is 0 Å². The minimum atomic E-state index is -0.538. The largest absolute Gasteiger partial charge is 0.497 e. The molecule has 4 rings (SSSR count). The zero-order chi connectivity index (χ0) is 20.2. The number of thiazole rings is 1. The second-order valence-electron chi connectivity index (χ2n) is 6.29. The van der Waals surface area contributed by atoms with Gasteiger partial charge in [-0.3, -0.25) is 0 Å². The summed E-state index contributed by atoms with van der Waals surface area (Å²) < 4.78 is 21.7. The molecule has 0 unspecified atom stereocenters. The summed E-state index contributed by atoms with van der Waals surface area (Å²) in [6.45, 7) is 0.320. The van der Waals surface area contributed by atoms with E-state index in [4.69, 9.17) is 18.6 Å². The first kappa shape index (κ1) is 19.2. The van der Waals surface area contributed by atoms with Gasteiger partial charge in [-0.25, -0.2) is 9.78 Å². The first-order valence-electron chi connectivity index (χ1n) is 8.95. The number of hydrogen-bond donors (Lipinski definition) is 0. The Morgan fingerprint density at radius 2 is 1.97 bits per heavy atom. The van der Waals surface area contributed by atoms with Crippen LogP contribution in [0.25, 0.3) is 21.5 Å². The Balaban J connectivity index is 1.50. The lowest BCUT2D eigenvalue weighted by molar-refractivity contribution is 0.0428. The predicted octanol–water partition coefficient (Wildman–Crippen LogP) is 5.07.